The molecule has 13 heavy (non-hydrogen) atoms. The fourth-order valence-corrected chi connectivity index (χ4v) is 1.14. The van der Waals surface area contributed by atoms with E-state index in [0.717, 1.165) is 18.2 Å². The number of aryl methyl sites for hydroxylation is 1. The molecule has 2 N–H and O–H groups in total. The van der Waals surface area contributed by atoms with Gasteiger partial charge < -0.3 is 5.73 Å². The number of nitrogens with zero attached hydrogens (tertiary/aromatic N) is 2. The predicted octanol–water partition coefficient (Wildman–Crippen LogP) is 1.95. The summed E-state index contributed by atoms with van der Waals surface area (Å²) in [6.45, 7) is 7.38. The van der Waals surface area contributed by atoms with Gasteiger partial charge in [0.1, 0.15) is 0 Å². The van der Waals surface area contributed by atoms with Crippen molar-refractivity contribution in [3.8, 4) is 0 Å². The first-order chi connectivity index (χ1) is 6.09. The summed E-state index contributed by atoms with van der Waals surface area (Å²) in [5.41, 5.74) is 6.68. The molecule has 0 aliphatic heterocycles. The van der Waals surface area contributed by atoms with Crippen molar-refractivity contribution in [1.82, 2.24) is 9.78 Å². The van der Waals surface area contributed by atoms with E-state index >= 15 is 0 Å². The Hall–Kier alpha value is -0.830. The van der Waals surface area contributed by atoms with Gasteiger partial charge in [-0.05, 0) is 25.3 Å². The van der Waals surface area contributed by atoms with E-state index in [-0.39, 0.29) is 6.04 Å². The number of aromatic nitrogens is 2. The van der Waals surface area contributed by atoms with E-state index < -0.39 is 0 Å². The Kier molecular flexibility index (Phi) is 3.48. The summed E-state index contributed by atoms with van der Waals surface area (Å²) in [4.78, 5) is 0. The van der Waals surface area contributed by atoms with E-state index in [9.17, 15) is 0 Å². The van der Waals surface area contributed by atoms with Crippen molar-refractivity contribution in [2.24, 2.45) is 11.7 Å². The third kappa shape index (κ3) is 3.19. The fourth-order valence-electron chi connectivity index (χ4n) is 1.14. The van der Waals surface area contributed by atoms with Crippen molar-refractivity contribution in [2.75, 3.05) is 0 Å². The van der Waals surface area contributed by atoms with Crippen molar-refractivity contribution < 1.29 is 0 Å². The zero-order valence-electron chi connectivity index (χ0n) is 8.70. The van der Waals surface area contributed by atoms with Gasteiger partial charge in [-0.2, -0.15) is 5.10 Å². The predicted molar refractivity (Wildman–Crippen MR) is 54.3 cm³/mol. The van der Waals surface area contributed by atoms with Crippen LogP contribution in [0.15, 0.2) is 12.3 Å². The largest absolute Gasteiger partial charge is 0.323 e. The molecular weight excluding hydrogens is 162 g/mol. The molecule has 3 nitrogen and oxygen atoms in total. The average Bonchev–Trinajstić information content (AvgIpc) is 2.48. The highest BCUT2D eigenvalue weighted by Gasteiger charge is 2.03. The normalized spacial score (nSPS) is 13.6. The van der Waals surface area contributed by atoms with Crippen LogP contribution in [0.4, 0.5) is 0 Å². The third-order valence-electron chi connectivity index (χ3n) is 2.06. The molecule has 1 heterocycles. The minimum Gasteiger partial charge on any atom is -0.323 e. The molecule has 0 radical (unpaired) electrons. The van der Waals surface area contributed by atoms with Gasteiger partial charge in [0.15, 0.2) is 0 Å². The van der Waals surface area contributed by atoms with Gasteiger partial charge in [0.25, 0.3) is 0 Å². The van der Waals surface area contributed by atoms with E-state index in [0.29, 0.717) is 0 Å². The Morgan fingerprint density at radius 2 is 2.15 bits per heavy atom. The Labute approximate surface area is 79.9 Å². The van der Waals surface area contributed by atoms with Crippen LogP contribution in [0.1, 0.15) is 38.9 Å². The molecule has 0 amide bonds. The molecule has 0 saturated carbocycles. The summed E-state index contributed by atoms with van der Waals surface area (Å²) >= 11 is 0. The molecule has 0 aromatic carbocycles. The molecule has 74 valence electrons. The summed E-state index contributed by atoms with van der Waals surface area (Å²) in [6.07, 6.45) is 3.17. The zero-order valence-corrected chi connectivity index (χ0v) is 8.70. The van der Waals surface area contributed by atoms with Gasteiger partial charge in [-0.1, -0.05) is 13.8 Å². The molecule has 3 heteroatoms. The van der Waals surface area contributed by atoms with Gasteiger partial charge in [0.05, 0.1) is 5.69 Å². The number of hydrogen-bond donors (Lipinski definition) is 1. The molecule has 1 aromatic heterocycles. The summed E-state index contributed by atoms with van der Waals surface area (Å²) in [6, 6.07) is 2.03. The average molecular weight is 181 g/mol. The van der Waals surface area contributed by atoms with Crippen LogP contribution in [-0.2, 0) is 6.54 Å². The Morgan fingerprint density at radius 1 is 1.46 bits per heavy atom. The molecule has 1 aromatic rings. The number of rotatable bonds is 4. The lowest BCUT2D eigenvalue weighted by Crippen LogP contribution is -2.08. The fraction of sp³-hybridized carbons (Fsp3) is 0.700. The second-order valence-corrected chi connectivity index (χ2v) is 3.97. The molecule has 0 bridgehead atoms. The molecule has 1 atom stereocenters. The van der Waals surface area contributed by atoms with E-state index in [2.05, 4.69) is 18.9 Å². The highest BCUT2D eigenvalue weighted by Crippen LogP contribution is 2.07. The molecule has 0 fully saturated rings. The topological polar surface area (TPSA) is 43.8 Å². The van der Waals surface area contributed by atoms with E-state index in [1.807, 2.05) is 23.9 Å². The van der Waals surface area contributed by atoms with Crippen LogP contribution in [0, 0.1) is 5.92 Å². The molecular formula is C10H19N3. The highest BCUT2D eigenvalue weighted by molar-refractivity contribution is 5.02. The second kappa shape index (κ2) is 4.42. The third-order valence-corrected chi connectivity index (χ3v) is 2.06. The minimum absolute atomic E-state index is 0.0419. The van der Waals surface area contributed by atoms with Gasteiger partial charge in [0, 0.05) is 18.8 Å². The Morgan fingerprint density at radius 3 is 2.62 bits per heavy atom. The standard InChI is InChI=1S/C10H19N3/c1-8(2)4-6-13-7-5-10(12-13)9(3)11/h5,7-9H,4,6,11H2,1-3H3. The van der Waals surface area contributed by atoms with Crippen LogP contribution >= 0.6 is 0 Å². The van der Waals surface area contributed by atoms with Crippen LogP contribution in [0.2, 0.25) is 0 Å². The Bertz CT molecular complexity index is 250. The van der Waals surface area contributed by atoms with Crippen LogP contribution in [-0.4, -0.2) is 9.78 Å². The van der Waals surface area contributed by atoms with Crippen LogP contribution in [0.3, 0.4) is 0 Å². The van der Waals surface area contributed by atoms with Crippen molar-refractivity contribution in [2.45, 2.75) is 39.8 Å². The van der Waals surface area contributed by atoms with Gasteiger partial charge in [-0.15, -0.1) is 0 Å². The monoisotopic (exact) mass is 181 g/mol. The maximum atomic E-state index is 5.71. The molecule has 0 saturated heterocycles. The van der Waals surface area contributed by atoms with E-state index in [1.165, 1.54) is 6.42 Å². The summed E-state index contributed by atoms with van der Waals surface area (Å²) in [7, 11) is 0. The lowest BCUT2D eigenvalue weighted by atomic mass is 10.1. The number of hydrogen-bond acceptors (Lipinski definition) is 2. The molecule has 0 spiro atoms. The van der Waals surface area contributed by atoms with Gasteiger partial charge >= 0.3 is 0 Å². The van der Waals surface area contributed by atoms with Crippen LogP contribution < -0.4 is 5.73 Å². The number of nitrogens with two attached hydrogens (primary N) is 1. The van der Waals surface area contributed by atoms with Crippen molar-refractivity contribution >= 4 is 0 Å². The summed E-state index contributed by atoms with van der Waals surface area (Å²) in [5, 5.41) is 4.37. The van der Waals surface area contributed by atoms with Gasteiger partial charge in [-0.3, -0.25) is 4.68 Å². The SMILES string of the molecule is CC(C)CCn1ccc(C(C)N)n1. The van der Waals surface area contributed by atoms with Crippen LogP contribution in [0.25, 0.3) is 0 Å². The lowest BCUT2D eigenvalue weighted by molar-refractivity contribution is 0.482. The van der Waals surface area contributed by atoms with Crippen molar-refractivity contribution in [3.05, 3.63) is 18.0 Å². The molecule has 1 rings (SSSR count). The summed E-state index contributed by atoms with van der Waals surface area (Å²) < 4.78 is 1.97. The first kappa shape index (κ1) is 10.3. The smallest absolute Gasteiger partial charge is 0.0788 e. The first-order valence-corrected chi connectivity index (χ1v) is 4.88. The maximum Gasteiger partial charge on any atom is 0.0788 e. The van der Waals surface area contributed by atoms with E-state index in [1.54, 1.807) is 0 Å². The zero-order chi connectivity index (χ0) is 9.84. The maximum absolute atomic E-state index is 5.71. The van der Waals surface area contributed by atoms with Crippen molar-refractivity contribution in [3.63, 3.8) is 0 Å². The quantitative estimate of drug-likeness (QED) is 0.771. The molecule has 0 aliphatic rings. The van der Waals surface area contributed by atoms with Crippen molar-refractivity contribution in [1.29, 1.82) is 0 Å². The summed E-state index contributed by atoms with van der Waals surface area (Å²) in [5.74, 6) is 0.725. The van der Waals surface area contributed by atoms with Gasteiger partial charge in [0.2, 0.25) is 0 Å². The van der Waals surface area contributed by atoms with E-state index in [4.69, 9.17) is 5.73 Å². The molecule has 0 aliphatic carbocycles. The van der Waals surface area contributed by atoms with Gasteiger partial charge in [-0.25, -0.2) is 0 Å². The lowest BCUT2D eigenvalue weighted by Gasteiger charge is -2.04. The highest BCUT2D eigenvalue weighted by atomic mass is 15.3. The first-order valence-electron chi connectivity index (χ1n) is 4.88. The second-order valence-electron chi connectivity index (χ2n) is 3.97. The van der Waals surface area contributed by atoms with Crippen LogP contribution in [0.5, 0.6) is 0 Å². The minimum atomic E-state index is 0.0419. The molecule has 1 unspecified atom stereocenters. The Balaban J connectivity index is 2.49.